The van der Waals surface area contributed by atoms with Gasteiger partial charge in [0.25, 0.3) is 5.91 Å². The summed E-state index contributed by atoms with van der Waals surface area (Å²) < 4.78 is 0. The number of hydrogen-bond donors (Lipinski definition) is 1. The predicted octanol–water partition coefficient (Wildman–Crippen LogP) is 2.10. The van der Waals surface area contributed by atoms with Crippen molar-refractivity contribution in [3.63, 3.8) is 0 Å². The third-order valence-electron chi connectivity index (χ3n) is 3.64. The zero-order valence-electron chi connectivity index (χ0n) is 11.8. The lowest BCUT2D eigenvalue weighted by Crippen LogP contribution is -2.39. The number of aliphatic hydroxyl groups is 1. The molecule has 1 aromatic heterocycles. The first-order valence-corrected chi connectivity index (χ1v) is 7.33. The summed E-state index contributed by atoms with van der Waals surface area (Å²) >= 11 is 6.06. The van der Waals surface area contributed by atoms with Crippen LogP contribution in [0, 0.1) is 5.92 Å². The van der Waals surface area contributed by atoms with E-state index in [-0.39, 0.29) is 24.1 Å². The Morgan fingerprint density at radius 3 is 2.70 bits per heavy atom. The quantitative estimate of drug-likeness (QED) is 0.928. The smallest absolute Gasteiger partial charge is 0.274 e. The molecule has 0 aliphatic carbocycles. The van der Waals surface area contributed by atoms with Gasteiger partial charge in [-0.05, 0) is 18.8 Å². The molecule has 2 heterocycles. The molecule has 20 heavy (non-hydrogen) atoms. The SMILES string of the molecule is CC(C)c1ncc(Cl)c(C(=O)N2CCC(CO)CC2)n1. The number of nitrogens with zero attached hydrogens (tertiary/aromatic N) is 3. The molecule has 1 aromatic rings. The molecule has 0 bridgehead atoms. The molecule has 6 heteroatoms. The summed E-state index contributed by atoms with van der Waals surface area (Å²) in [4.78, 5) is 22.7. The largest absolute Gasteiger partial charge is 0.396 e. The zero-order valence-corrected chi connectivity index (χ0v) is 12.6. The minimum atomic E-state index is -0.143. The number of hydrogen-bond acceptors (Lipinski definition) is 4. The van der Waals surface area contributed by atoms with E-state index in [2.05, 4.69) is 9.97 Å². The van der Waals surface area contributed by atoms with Crippen LogP contribution in [0.25, 0.3) is 0 Å². The van der Waals surface area contributed by atoms with E-state index >= 15 is 0 Å². The number of likely N-dealkylation sites (tertiary alicyclic amines) is 1. The molecule has 1 fully saturated rings. The van der Waals surface area contributed by atoms with E-state index in [0.717, 1.165) is 12.8 Å². The number of piperidine rings is 1. The van der Waals surface area contributed by atoms with Crippen molar-refractivity contribution in [1.29, 1.82) is 0 Å². The summed E-state index contributed by atoms with van der Waals surface area (Å²) in [7, 11) is 0. The van der Waals surface area contributed by atoms with Crippen molar-refractivity contribution in [2.75, 3.05) is 19.7 Å². The Morgan fingerprint density at radius 2 is 2.15 bits per heavy atom. The molecule has 0 unspecified atom stereocenters. The molecule has 110 valence electrons. The van der Waals surface area contributed by atoms with Crippen LogP contribution in [0.3, 0.4) is 0 Å². The van der Waals surface area contributed by atoms with Crippen LogP contribution in [-0.4, -0.2) is 45.6 Å². The summed E-state index contributed by atoms with van der Waals surface area (Å²) in [5, 5.41) is 9.42. The third-order valence-corrected chi connectivity index (χ3v) is 3.92. The fourth-order valence-electron chi connectivity index (χ4n) is 2.28. The molecule has 2 rings (SSSR count). The normalized spacial score (nSPS) is 16.8. The van der Waals surface area contributed by atoms with Crippen LogP contribution in [-0.2, 0) is 0 Å². The topological polar surface area (TPSA) is 66.3 Å². The third kappa shape index (κ3) is 3.27. The number of halogens is 1. The molecule has 0 spiro atoms. The number of aliphatic hydroxyl groups excluding tert-OH is 1. The van der Waals surface area contributed by atoms with Gasteiger partial charge in [-0.2, -0.15) is 0 Å². The average Bonchev–Trinajstić information content (AvgIpc) is 2.47. The van der Waals surface area contributed by atoms with E-state index in [9.17, 15) is 4.79 Å². The maximum absolute atomic E-state index is 12.5. The molecule has 1 aliphatic heterocycles. The van der Waals surface area contributed by atoms with Crippen molar-refractivity contribution in [2.24, 2.45) is 5.92 Å². The van der Waals surface area contributed by atoms with Crippen LogP contribution in [0.4, 0.5) is 0 Å². The second kappa shape index (κ2) is 6.50. The van der Waals surface area contributed by atoms with Crippen LogP contribution in [0.2, 0.25) is 5.02 Å². The first-order chi connectivity index (χ1) is 9.52. The van der Waals surface area contributed by atoms with Gasteiger partial charge in [-0.25, -0.2) is 9.97 Å². The standard InChI is InChI=1S/C14H20ClN3O2/c1-9(2)13-16-7-11(15)12(17-13)14(20)18-5-3-10(8-19)4-6-18/h7,9-10,19H,3-6,8H2,1-2H3. The molecule has 1 saturated heterocycles. The van der Waals surface area contributed by atoms with Crippen LogP contribution in [0.5, 0.6) is 0 Å². The molecular weight excluding hydrogens is 278 g/mol. The van der Waals surface area contributed by atoms with Gasteiger partial charge in [0.1, 0.15) is 5.82 Å². The Kier molecular flexibility index (Phi) is 4.94. The highest BCUT2D eigenvalue weighted by Crippen LogP contribution is 2.22. The summed E-state index contributed by atoms with van der Waals surface area (Å²) in [6, 6.07) is 0. The van der Waals surface area contributed by atoms with Gasteiger partial charge in [0.15, 0.2) is 5.69 Å². The van der Waals surface area contributed by atoms with E-state index in [0.29, 0.717) is 29.9 Å². The monoisotopic (exact) mass is 297 g/mol. The predicted molar refractivity (Wildman–Crippen MR) is 76.8 cm³/mol. The van der Waals surface area contributed by atoms with Crippen molar-refractivity contribution in [3.8, 4) is 0 Å². The molecule has 1 aliphatic rings. The molecular formula is C14H20ClN3O2. The van der Waals surface area contributed by atoms with E-state index < -0.39 is 0 Å². The number of rotatable bonds is 3. The highest BCUT2D eigenvalue weighted by atomic mass is 35.5. The lowest BCUT2D eigenvalue weighted by Gasteiger charge is -2.31. The van der Waals surface area contributed by atoms with Crippen LogP contribution in [0.1, 0.15) is 48.9 Å². The molecule has 5 nitrogen and oxygen atoms in total. The van der Waals surface area contributed by atoms with Crippen molar-refractivity contribution < 1.29 is 9.90 Å². The van der Waals surface area contributed by atoms with Crippen LogP contribution in [0.15, 0.2) is 6.20 Å². The van der Waals surface area contributed by atoms with E-state index in [4.69, 9.17) is 16.7 Å². The molecule has 1 N–H and O–H groups in total. The minimum absolute atomic E-state index is 0.143. The van der Waals surface area contributed by atoms with Gasteiger partial charge in [-0.1, -0.05) is 25.4 Å². The highest BCUT2D eigenvalue weighted by Gasteiger charge is 2.26. The molecule has 0 radical (unpaired) electrons. The van der Waals surface area contributed by atoms with Crippen molar-refractivity contribution in [3.05, 3.63) is 22.7 Å². The number of aromatic nitrogens is 2. The Balaban J connectivity index is 2.15. The summed E-state index contributed by atoms with van der Waals surface area (Å²) in [5.74, 6) is 0.934. The van der Waals surface area contributed by atoms with Gasteiger partial charge < -0.3 is 10.0 Å². The van der Waals surface area contributed by atoms with E-state index in [1.54, 1.807) is 4.90 Å². The lowest BCUT2D eigenvalue weighted by molar-refractivity contribution is 0.0644. The maximum Gasteiger partial charge on any atom is 0.274 e. The zero-order chi connectivity index (χ0) is 14.7. The fourth-order valence-corrected chi connectivity index (χ4v) is 2.45. The van der Waals surface area contributed by atoms with Gasteiger partial charge in [0.2, 0.25) is 0 Å². The van der Waals surface area contributed by atoms with Gasteiger partial charge >= 0.3 is 0 Å². The van der Waals surface area contributed by atoms with Crippen molar-refractivity contribution in [2.45, 2.75) is 32.6 Å². The second-order valence-corrected chi connectivity index (χ2v) is 5.90. The maximum atomic E-state index is 12.5. The van der Waals surface area contributed by atoms with Gasteiger partial charge in [-0.3, -0.25) is 4.79 Å². The number of carbonyl (C=O) groups is 1. The Bertz CT molecular complexity index is 485. The van der Waals surface area contributed by atoms with Gasteiger partial charge in [0.05, 0.1) is 11.2 Å². The molecule has 0 aromatic carbocycles. The average molecular weight is 298 g/mol. The highest BCUT2D eigenvalue weighted by molar-refractivity contribution is 6.33. The Labute approximate surface area is 124 Å². The first kappa shape index (κ1) is 15.2. The first-order valence-electron chi connectivity index (χ1n) is 6.95. The van der Waals surface area contributed by atoms with Gasteiger partial charge in [-0.15, -0.1) is 0 Å². The van der Waals surface area contributed by atoms with E-state index in [1.807, 2.05) is 13.8 Å². The molecule has 1 amide bonds. The Morgan fingerprint density at radius 1 is 1.50 bits per heavy atom. The second-order valence-electron chi connectivity index (χ2n) is 5.50. The Hall–Kier alpha value is -1.20. The van der Waals surface area contributed by atoms with Crippen molar-refractivity contribution in [1.82, 2.24) is 14.9 Å². The van der Waals surface area contributed by atoms with Crippen molar-refractivity contribution >= 4 is 17.5 Å². The number of amides is 1. The summed E-state index contributed by atoms with van der Waals surface area (Å²) in [6.45, 7) is 5.42. The fraction of sp³-hybridized carbons (Fsp3) is 0.643. The summed E-state index contributed by atoms with van der Waals surface area (Å²) in [6.07, 6.45) is 3.14. The van der Waals surface area contributed by atoms with Crippen LogP contribution < -0.4 is 0 Å². The van der Waals surface area contributed by atoms with E-state index in [1.165, 1.54) is 6.20 Å². The van der Waals surface area contributed by atoms with Crippen LogP contribution >= 0.6 is 11.6 Å². The molecule has 0 atom stereocenters. The van der Waals surface area contributed by atoms with Gasteiger partial charge in [0, 0.05) is 25.6 Å². The minimum Gasteiger partial charge on any atom is -0.396 e. The summed E-state index contributed by atoms with van der Waals surface area (Å²) in [5.41, 5.74) is 0.285. The lowest BCUT2D eigenvalue weighted by atomic mass is 9.98. The molecule has 0 saturated carbocycles. The number of carbonyl (C=O) groups excluding carboxylic acids is 1.